The number of hydrogen-bond acceptors (Lipinski definition) is 5. The molecule has 0 fully saturated rings. The maximum absolute atomic E-state index is 11.6. The zero-order valence-electron chi connectivity index (χ0n) is 16.1. The summed E-state index contributed by atoms with van der Waals surface area (Å²) in [5.41, 5.74) is 15.2. The van der Waals surface area contributed by atoms with Gasteiger partial charge in [0.25, 0.3) is 5.91 Å². The highest BCUT2D eigenvalue weighted by Gasteiger charge is 2.19. The SMILES string of the molecule is CC(C)(NCc1cccc(-c2cnc(CN)c(C(N)=O)n2)c1)c1ccccc1. The van der Waals surface area contributed by atoms with Crippen molar-refractivity contribution in [1.82, 2.24) is 15.3 Å². The van der Waals surface area contributed by atoms with E-state index in [4.69, 9.17) is 11.5 Å². The van der Waals surface area contributed by atoms with Gasteiger partial charge < -0.3 is 16.8 Å². The molecular weight excluding hydrogens is 350 g/mol. The van der Waals surface area contributed by atoms with Crippen LogP contribution in [0.2, 0.25) is 0 Å². The molecule has 0 saturated carbocycles. The van der Waals surface area contributed by atoms with Gasteiger partial charge in [0.15, 0.2) is 5.69 Å². The Bertz CT molecular complexity index is 970. The highest BCUT2D eigenvalue weighted by atomic mass is 16.1. The van der Waals surface area contributed by atoms with E-state index >= 15 is 0 Å². The van der Waals surface area contributed by atoms with Gasteiger partial charge in [0.2, 0.25) is 0 Å². The number of aromatic nitrogens is 2. The molecule has 6 nitrogen and oxygen atoms in total. The summed E-state index contributed by atoms with van der Waals surface area (Å²) < 4.78 is 0. The predicted molar refractivity (Wildman–Crippen MR) is 110 cm³/mol. The molecule has 1 aromatic heterocycles. The summed E-state index contributed by atoms with van der Waals surface area (Å²) in [5, 5.41) is 3.59. The van der Waals surface area contributed by atoms with Crippen molar-refractivity contribution in [1.29, 1.82) is 0 Å². The number of nitrogens with one attached hydrogen (secondary N) is 1. The average Bonchev–Trinajstić information content (AvgIpc) is 2.72. The predicted octanol–water partition coefficient (Wildman–Crippen LogP) is 2.73. The molecule has 0 spiro atoms. The second-order valence-corrected chi connectivity index (χ2v) is 7.16. The molecule has 1 heterocycles. The highest BCUT2D eigenvalue weighted by Crippen LogP contribution is 2.22. The Balaban J connectivity index is 1.81. The number of nitrogens with two attached hydrogens (primary N) is 2. The van der Waals surface area contributed by atoms with Gasteiger partial charge >= 0.3 is 0 Å². The standard InChI is InChI=1S/C22H25N5O/c1-22(2,17-9-4-3-5-10-17)26-13-15-7-6-8-16(11-15)19-14-25-18(12-23)20(27-19)21(24)28/h3-11,14,26H,12-13,23H2,1-2H3,(H2,24,28). The smallest absolute Gasteiger partial charge is 0.269 e. The molecule has 0 bridgehead atoms. The van der Waals surface area contributed by atoms with Gasteiger partial charge in [-0.2, -0.15) is 0 Å². The van der Waals surface area contributed by atoms with E-state index in [0.29, 0.717) is 17.9 Å². The van der Waals surface area contributed by atoms with Crippen molar-refractivity contribution in [3.05, 3.63) is 83.3 Å². The van der Waals surface area contributed by atoms with E-state index in [1.165, 1.54) is 5.56 Å². The Morgan fingerprint density at radius 3 is 2.54 bits per heavy atom. The number of benzene rings is 2. The Kier molecular flexibility index (Phi) is 5.82. The molecule has 1 amide bonds. The molecule has 0 saturated heterocycles. The molecule has 0 atom stereocenters. The fraction of sp³-hybridized carbons (Fsp3) is 0.227. The van der Waals surface area contributed by atoms with Gasteiger partial charge in [-0.1, -0.05) is 48.5 Å². The van der Waals surface area contributed by atoms with E-state index < -0.39 is 5.91 Å². The minimum atomic E-state index is -0.628. The summed E-state index contributed by atoms with van der Waals surface area (Å²) in [5.74, 6) is -0.628. The fourth-order valence-electron chi connectivity index (χ4n) is 3.02. The average molecular weight is 375 g/mol. The largest absolute Gasteiger partial charge is 0.364 e. The van der Waals surface area contributed by atoms with Crippen molar-refractivity contribution in [2.75, 3.05) is 0 Å². The molecule has 144 valence electrons. The maximum Gasteiger partial charge on any atom is 0.269 e. The van der Waals surface area contributed by atoms with E-state index in [0.717, 1.165) is 11.1 Å². The van der Waals surface area contributed by atoms with Crippen LogP contribution in [0.3, 0.4) is 0 Å². The molecule has 2 aromatic carbocycles. The fourth-order valence-corrected chi connectivity index (χ4v) is 3.02. The first kappa shape index (κ1) is 19.7. The zero-order valence-corrected chi connectivity index (χ0v) is 16.1. The minimum absolute atomic E-state index is 0.115. The first-order chi connectivity index (χ1) is 13.4. The third-order valence-corrected chi connectivity index (χ3v) is 4.73. The van der Waals surface area contributed by atoms with Crippen LogP contribution in [0.1, 0.15) is 41.2 Å². The number of carbonyl (C=O) groups excluding carboxylic acids is 1. The van der Waals surface area contributed by atoms with Crippen LogP contribution >= 0.6 is 0 Å². The van der Waals surface area contributed by atoms with Crippen LogP contribution in [0.25, 0.3) is 11.3 Å². The molecule has 6 heteroatoms. The number of primary amides is 1. The molecule has 5 N–H and O–H groups in total. The molecule has 0 aliphatic rings. The van der Waals surface area contributed by atoms with Crippen molar-refractivity contribution >= 4 is 5.91 Å². The van der Waals surface area contributed by atoms with Crippen LogP contribution < -0.4 is 16.8 Å². The van der Waals surface area contributed by atoms with E-state index in [-0.39, 0.29) is 17.8 Å². The molecule has 0 radical (unpaired) electrons. The Labute approximate surface area is 165 Å². The Morgan fingerprint density at radius 2 is 1.86 bits per heavy atom. The first-order valence-electron chi connectivity index (χ1n) is 9.16. The van der Waals surface area contributed by atoms with Crippen molar-refractivity contribution in [2.24, 2.45) is 11.5 Å². The number of carbonyl (C=O) groups is 1. The third-order valence-electron chi connectivity index (χ3n) is 4.73. The Hall–Kier alpha value is -3.09. The molecule has 0 unspecified atom stereocenters. The van der Waals surface area contributed by atoms with Crippen molar-refractivity contribution < 1.29 is 4.79 Å². The summed E-state index contributed by atoms with van der Waals surface area (Å²) in [6.07, 6.45) is 1.62. The van der Waals surface area contributed by atoms with E-state index in [9.17, 15) is 4.79 Å². The lowest BCUT2D eigenvalue weighted by Gasteiger charge is -2.27. The van der Waals surface area contributed by atoms with Crippen LogP contribution in [0.5, 0.6) is 0 Å². The van der Waals surface area contributed by atoms with Crippen molar-refractivity contribution in [3.63, 3.8) is 0 Å². The lowest BCUT2D eigenvalue weighted by atomic mass is 9.94. The molecule has 28 heavy (non-hydrogen) atoms. The van der Waals surface area contributed by atoms with Gasteiger partial charge in [-0.25, -0.2) is 4.98 Å². The van der Waals surface area contributed by atoms with Gasteiger partial charge in [-0.3, -0.25) is 9.78 Å². The number of rotatable bonds is 7. The lowest BCUT2D eigenvalue weighted by Crippen LogP contribution is -2.35. The normalized spacial score (nSPS) is 11.4. The van der Waals surface area contributed by atoms with Gasteiger partial charge in [0.1, 0.15) is 0 Å². The quantitative estimate of drug-likeness (QED) is 0.589. The first-order valence-corrected chi connectivity index (χ1v) is 9.16. The number of nitrogens with zero attached hydrogens (tertiary/aromatic N) is 2. The second-order valence-electron chi connectivity index (χ2n) is 7.16. The molecule has 0 aliphatic carbocycles. The molecule has 3 aromatic rings. The topological polar surface area (TPSA) is 107 Å². The second kappa shape index (κ2) is 8.29. The van der Waals surface area contributed by atoms with E-state index in [1.54, 1.807) is 6.20 Å². The van der Waals surface area contributed by atoms with Crippen molar-refractivity contribution in [3.8, 4) is 11.3 Å². The summed E-state index contributed by atoms with van der Waals surface area (Å²) in [4.78, 5) is 20.3. The maximum atomic E-state index is 11.6. The third kappa shape index (κ3) is 4.42. The minimum Gasteiger partial charge on any atom is -0.364 e. The summed E-state index contributed by atoms with van der Waals surface area (Å²) in [6, 6.07) is 18.3. The van der Waals surface area contributed by atoms with Crippen LogP contribution in [0.15, 0.2) is 60.8 Å². The monoisotopic (exact) mass is 375 g/mol. The van der Waals surface area contributed by atoms with Gasteiger partial charge in [0, 0.05) is 24.2 Å². The van der Waals surface area contributed by atoms with Crippen LogP contribution in [-0.4, -0.2) is 15.9 Å². The lowest BCUT2D eigenvalue weighted by molar-refractivity contribution is 0.0994. The van der Waals surface area contributed by atoms with E-state index in [2.05, 4.69) is 41.3 Å². The van der Waals surface area contributed by atoms with Gasteiger partial charge in [-0.15, -0.1) is 0 Å². The summed E-state index contributed by atoms with van der Waals surface area (Å²) >= 11 is 0. The number of hydrogen-bond donors (Lipinski definition) is 3. The summed E-state index contributed by atoms with van der Waals surface area (Å²) in [7, 11) is 0. The molecular formula is C22H25N5O. The van der Waals surface area contributed by atoms with Crippen LogP contribution in [0.4, 0.5) is 0 Å². The van der Waals surface area contributed by atoms with Crippen LogP contribution in [-0.2, 0) is 18.6 Å². The molecule has 0 aliphatic heterocycles. The van der Waals surface area contributed by atoms with Gasteiger partial charge in [0.05, 0.1) is 17.6 Å². The number of amides is 1. The molecule has 3 rings (SSSR count). The zero-order chi connectivity index (χ0) is 20.1. The Morgan fingerprint density at radius 1 is 1.11 bits per heavy atom. The highest BCUT2D eigenvalue weighted by molar-refractivity contribution is 5.92. The van der Waals surface area contributed by atoms with E-state index in [1.807, 2.05) is 42.5 Å². The van der Waals surface area contributed by atoms with Crippen molar-refractivity contribution in [2.45, 2.75) is 32.5 Å². The summed E-state index contributed by atoms with van der Waals surface area (Å²) in [6.45, 7) is 5.11. The van der Waals surface area contributed by atoms with Gasteiger partial charge in [-0.05, 0) is 31.0 Å². The van der Waals surface area contributed by atoms with Crippen LogP contribution in [0, 0.1) is 0 Å².